The van der Waals surface area contributed by atoms with E-state index in [4.69, 9.17) is 0 Å². The van der Waals surface area contributed by atoms with E-state index < -0.39 is 0 Å². The highest BCUT2D eigenvalue weighted by atomic mass is 15.4. The van der Waals surface area contributed by atoms with Crippen molar-refractivity contribution in [2.75, 3.05) is 4.90 Å². The summed E-state index contributed by atoms with van der Waals surface area (Å²) in [6.07, 6.45) is 22.5. The molecule has 3 aliphatic rings. The molecule has 0 amide bonds. The maximum absolute atomic E-state index is 2.58. The summed E-state index contributed by atoms with van der Waals surface area (Å²) < 4.78 is 0. The van der Waals surface area contributed by atoms with Crippen LogP contribution in [0.3, 0.4) is 0 Å². The quantitative estimate of drug-likeness (QED) is 0.582. The van der Waals surface area contributed by atoms with Gasteiger partial charge in [0.25, 0.3) is 0 Å². The smallest absolute Gasteiger partial charge is 0.120 e. The van der Waals surface area contributed by atoms with Crippen LogP contribution >= 0.6 is 0 Å². The molecule has 2 heteroatoms. The third-order valence-corrected chi connectivity index (χ3v) is 6.09. The second-order valence-corrected chi connectivity index (χ2v) is 8.29. The Kier molecular flexibility index (Phi) is 5.24. The Morgan fingerprint density at radius 2 is 1.63 bits per heavy atom. The number of rotatable bonds is 2. The van der Waals surface area contributed by atoms with Crippen molar-refractivity contribution in [3.8, 4) is 0 Å². The fraction of sp³-hybridized carbons (Fsp3) is 0.440. The van der Waals surface area contributed by atoms with Gasteiger partial charge in [0.15, 0.2) is 0 Å². The molecule has 0 unspecified atom stereocenters. The van der Waals surface area contributed by atoms with E-state index in [9.17, 15) is 0 Å². The van der Waals surface area contributed by atoms with Gasteiger partial charge in [0.05, 0.1) is 5.69 Å². The Hall–Kier alpha value is -2.22. The summed E-state index contributed by atoms with van der Waals surface area (Å²) in [4.78, 5) is 5.05. The van der Waals surface area contributed by atoms with E-state index in [0.29, 0.717) is 6.04 Å². The molecule has 1 heterocycles. The molecule has 27 heavy (non-hydrogen) atoms. The number of hydrogen-bond donors (Lipinski definition) is 0. The molecule has 1 aromatic rings. The van der Waals surface area contributed by atoms with Gasteiger partial charge in [-0.25, -0.2) is 0 Å². The van der Waals surface area contributed by atoms with Gasteiger partial charge in [-0.05, 0) is 69.6 Å². The van der Waals surface area contributed by atoms with Crippen molar-refractivity contribution in [3.05, 3.63) is 76.9 Å². The molecule has 0 bridgehead atoms. The molecule has 0 aromatic heterocycles. The molecule has 0 radical (unpaired) electrons. The number of allylic oxidation sites excluding steroid dienone is 5. The van der Waals surface area contributed by atoms with Gasteiger partial charge in [-0.2, -0.15) is 0 Å². The van der Waals surface area contributed by atoms with Gasteiger partial charge < -0.3 is 9.80 Å². The minimum absolute atomic E-state index is 0.647. The van der Waals surface area contributed by atoms with Crippen LogP contribution in [0.5, 0.6) is 0 Å². The van der Waals surface area contributed by atoms with E-state index in [2.05, 4.69) is 79.4 Å². The zero-order valence-corrected chi connectivity index (χ0v) is 17.0. The largest absolute Gasteiger partial charge is 0.329 e. The molecule has 1 saturated carbocycles. The van der Waals surface area contributed by atoms with Gasteiger partial charge in [-0.1, -0.05) is 54.8 Å². The lowest BCUT2D eigenvalue weighted by Gasteiger charge is -2.33. The van der Waals surface area contributed by atoms with Gasteiger partial charge in [-0.3, -0.25) is 0 Å². The molecule has 0 atom stereocenters. The molecule has 1 aromatic carbocycles. The molecular formula is C25H32N2. The predicted molar refractivity (Wildman–Crippen MR) is 116 cm³/mol. The number of nitrogens with zero attached hydrogens (tertiary/aromatic N) is 2. The highest BCUT2D eigenvalue weighted by Crippen LogP contribution is 2.39. The zero-order chi connectivity index (χ0) is 18.8. The monoisotopic (exact) mass is 360 g/mol. The van der Waals surface area contributed by atoms with Crippen molar-refractivity contribution in [1.29, 1.82) is 0 Å². The van der Waals surface area contributed by atoms with Crippen molar-refractivity contribution < 1.29 is 0 Å². The van der Waals surface area contributed by atoms with E-state index in [1.165, 1.54) is 72.3 Å². The first-order chi connectivity index (χ1) is 13.1. The minimum atomic E-state index is 0.647. The van der Waals surface area contributed by atoms with E-state index in [0.717, 1.165) is 6.42 Å². The van der Waals surface area contributed by atoms with Crippen molar-refractivity contribution >= 4 is 5.69 Å². The lowest BCUT2D eigenvalue weighted by atomic mass is 10.0. The van der Waals surface area contributed by atoms with Crippen LogP contribution in [0.25, 0.3) is 0 Å². The highest BCUT2D eigenvalue weighted by molar-refractivity contribution is 5.67. The van der Waals surface area contributed by atoms with Gasteiger partial charge >= 0.3 is 0 Å². The van der Waals surface area contributed by atoms with Crippen LogP contribution in [0.4, 0.5) is 5.69 Å². The van der Waals surface area contributed by atoms with Crippen molar-refractivity contribution in [2.24, 2.45) is 0 Å². The Bertz CT molecular complexity index is 796. The summed E-state index contributed by atoms with van der Waals surface area (Å²) in [6.45, 7) is 6.69. The molecule has 2 aliphatic carbocycles. The van der Waals surface area contributed by atoms with Gasteiger partial charge in [0, 0.05) is 18.4 Å². The summed E-state index contributed by atoms with van der Waals surface area (Å²) in [6, 6.07) is 5.27. The van der Waals surface area contributed by atoms with Crippen LogP contribution in [0.15, 0.2) is 60.2 Å². The van der Waals surface area contributed by atoms with Gasteiger partial charge in [0.2, 0.25) is 0 Å². The first-order valence-electron chi connectivity index (χ1n) is 10.6. The van der Waals surface area contributed by atoms with Crippen LogP contribution < -0.4 is 4.90 Å². The number of hydrogen-bond acceptors (Lipinski definition) is 2. The standard InChI is InChI=1S/C25H32N2/c1-19-17-20(2)24(21(3)18-19)27-16-15-26(23-13-9-10-14-23)25(27)22-11-7-5-4-6-8-12-22/h4-5,7,11,15-18,23H,6,8-10,12-14H2,1-3H3. The average molecular weight is 361 g/mol. The Labute approximate surface area is 164 Å². The topological polar surface area (TPSA) is 6.48 Å². The lowest BCUT2D eigenvalue weighted by Crippen LogP contribution is -2.32. The summed E-state index contributed by atoms with van der Waals surface area (Å²) >= 11 is 0. The maximum Gasteiger partial charge on any atom is 0.120 e. The lowest BCUT2D eigenvalue weighted by molar-refractivity contribution is 0.348. The normalized spacial score (nSPS) is 23.4. The van der Waals surface area contributed by atoms with Crippen LogP contribution in [-0.2, 0) is 0 Å². The fourth-order valence-electron chi connectivity index (χ4n) is 4.96. The summed E-state index contributed by atoms with van der Waals surface area (Å²) in [5.74, 6) is 1.39. The average Bonchev–Trinajstić information content (AvgIpc) is 3.23. The number of benzene rings is 1. The van der Waals surface area contributed by atoms with Crippen LogP contribution in [0, 0.1) is 20.8 Å². The molecule has 0 spiro atoms. The van der Waals surface area contributed by atoms with Crippen molar-refractivity contribution in [3.63, 3.8) is 0 Å². The third-order valence-electron chi connectivity index (χ3n) is 6.09. The molecule has 0 N–H and O–H groups in total. The van der Waals surface area contributed by atoms with Gasteiger partial charge in [-0.15, -0.1) is 0 Å². The van der Waals surface area contributed by atoms with E-state index in [1.807, 2.05) is 0 Å². The molecule has 1 fully saturated rings. The second-order valence-electron chi connectivity index (χ2n) is 8.29. The molecule has 0 saturated heterocycles. The molecule has 4 rings (SSSR count). The second kappa shape index (κ2) is 7.80. The molecular weight excluding hydrogens is 328 g/mol. The maximum atomic E-state index is 2.58. The molecule has 1 aliphatic heterocycles. The number of aryl methyl sites for hydroxylation is 3. The fourth-order valence-corrected chi connectivity index (χ4v) is 4.96. The van der Waals surface area contributed by atoms with Gasteiger partial charge in [0.1, 0.15) is 5.82 Å². The first-order valence-corrected chi connectivity index (χ1v) is 10.6. The zero-order valence-electron chi connectivity index (χ0n) is 17.0. The van der Waals surface area contributed by atoms with Crippen LogP contribution in [0.2, 0.25) is 0 Å². The van der Waals surface area contributed by atoms with E-state index >= 15 is 0 Å². The summed E-state index contributed by atoms with van der Waals surface area (Å²) in [5, 5.41) is 0. The van der Waals surface area contributed by atoms with E-state index in [1.54, 1.807) is 0 Å². The predicted octanol–water partition coefficient (Wildman–Crippen LogP) is 6.66. The highest BCUT2D eigenvalue weighted by Gasteiger charge is 2.32. The van der Waals surface area contributed by atoms with Crippen LogP contribution in [-0.4, -0.2) is 10.9 Å². The Morgan fingerprint density at radius 1 is 0.889 bits per heavy atom. The molecule has 142 valence electrons. The first kappa shape index (κ1) is 18.2. The van der Waals surface area contributed by atoms with Crippen molar-refractivity contribution in [1.82, 2.24) is 4.90 Å². The van der Waals surface area contributed by atoms with Crippen molar-refractivity contribution in [2.45, 2.75) is 71.8 Å². The summed E-state index contributed by atoms with van der Waals surface area (Å²) in [5.41, 5.74) is 6.88. The Balaban J connectivity index is 1.82. The minimum Gasteiger partial charge on any atom is -0.329 e. The van der Waals surface area contributed by atoms with E-state index in [-0.39, 0.29) is 0 Å². The summed E-state index contributed by atoms with van der Waals surface area (Å²) in [7, 11) is 0. The third kappa shape index (κ3) is 3.63. The molecule has 2 nitrogen and oxygen atoms in total. The SMILES string of the molecule is Cc1cc(C)c(N2C=CN(C3CCCC3)C2=C2C=CC=CCCC2)c(C)c1. The number of anilines is 1. The van der Waals surface area contributed by atoms with Crippen LogP contribution in [0.1, 0.15) is 61.6 Å². The Morgan fingerprint density at radius 3 is 2.37 bits per heavy atom.